The second-order valence-corrected chi connectivity index (χ2v) is 7.47. The van der Waals surface area contributed by atoms with Crippen molar-refractivity contribution in [1.82, 2.24) is 4.57 Å². The van der Waals surface area contributed by atoms with Crippen molar-refractivity contribution in [2.75, 3.05) is 27.4 Å². The van der Waals surface area contributed by atoms with Gasteiger partial charge in [-0.15, -0.1) is 0 Å². The minimum absolute atomic E-state index is 0.191. The standard InChI is InChI=1S/C22H24N2O5S/c1-4-29-21(26)16-7-10-18-19(14-16)30-22(24(18)11-12-27-2)23-20(25)13-15-5-8-17(28-3)9-6-15/h5-10,14H,4,11-13H2,1-3H3. The predicted octanol–water partition coefficient (Wildman–Crippen LogP) is 3.20. The molecule has 0 aliphatic rings. The maximum absolute atomic E-state index is 12.6. The lowest BCUT2D eigenvalue weighted by molar-refractivity contribution is -0.117. The van der Waals surface area contributed by atoms with Gasteiger partial charge in [-0.05, 0) is 42.8 Å². The number of carbonyl (C=O) groups is 2. The molecule has 1 amide bonds. The summed E-state index contributed by atoms with van der Waals surface area (Å²) in [5.74, 6) is 0.122. The summed E-state index contributed by atoms with van der Waals surface area (Å²) in [7, 11) is 3.22. The SMILES string of the molecule is CCOC(=O)c1ccc2c(c1)sc(=NC(=O)Cc1ccc(OC)cc1)n2CCOC. The van der Waals surface area contributed by atoms with E-state index in [1.165, 1.54) is 11.3 Å². The summed E-state index contributed by atoms with van der Waals surface area (Å²) in [6, 6.07) is 12.7. The van der Waals surface area contributed by atoms with Crippen molar-refractivity contribution < 1.29 is 23.8 Å². The number of fused-ring (bicyclic) bond motifs is 1. The zero-order valence-electron chi connectivity index (χ0n) is 17.2. The summed E-state index contributed by atoms with van der Waals surface area (Å²) in [5, 5.41) is 0. The van der Waals surface area contributed by atoms with Crippen LogP contribution in [0.3, 0.4) is 0 Å². The van der Waals surface area contributed by atoms with Crippen LogP contribution in [-0.2, 0) is 27.2 Å². The molecule has 30 heavy (non-hydrogen) atoms. The number of amides is 1. The number of rotatable bonds is 8. The van der Waals surface area contributed by atoms with Crippen LogP contribution in [0.25, 0.3) is 10.2 Å². The summed E-state index contributed by atoms with van der Waals surface area (Å²) in [5.41, 5.74) is 2.22. The van der Waals surface area contributed by atoms with Crippen molar-refractivity contribution in [2.45, 2.75) is 19.9 Å². The fourth-order valence-corrected chi connectivity index (χ4v) is 4.08. The van der Waals surface area contributed by atoms with E-state index in [1.54, 1.807) is 33.3 Å². The highest BCUT2D eigenvalue weighted by molar-refractivity contribution is 7.16. The van der Waals surface area contributed by atoms with Crippen LogP contribution < -0.4 is 9.54 Å². The molecule has 8 heteroatoms. The number of ether oxygens (including phenoxy) is 3. The van der Waals surface area contributed by atoms with Gasteiger partial charge in [0, 0.05) is 13.7 Å². The summed E-state index contributed by atoms with van der Waals surface area (Å²) in [6.45, 7) is 3.11. The van der Waals surface area contributed by atoms with Crippen LogP contribution in [-0.4, -0.2) is 43.9 Å². The molecule has 3 rings (SSSR count). The predicted molar refractivity (Wildman–Crippen MR) is 115 cm³/mol. The third-order valence-corrected chi connectivity index (χ3v) is 5.49. The number of carbonyl (C=O) groups excluding carboxylic acids is 2. The molecule has 0 saturated heterocycles. The van der Waals surface area contributed by atoms with Gasteiger partial charge in [0.25, 0.3) is 5.91 Å². The van der Waals surface area contributed by atoms with Gasteiger partial charge in [-0.2, -0.15) is 4.99 Å². The number of thiazole rings is 1. The van der Waals surface area contributed by atoms with E-state index in [-0.39, 0.29) is 18.3 Å². The number of benzene rings is 2. The van der Waals surface area contributed by atoms with Crippen LogP contribution >= 0.6 is 11.3 Å². The molecule has 0 aliphatic carbocycles. The Morgan fingerprint density at radius 3 is 2.53 bits per heavy atom. The van der Waals surface area contributed by atoms with Crippen molar-refractivity contribution in [3.63, 3.8) is 0 Å². The number of hydrogen-bond acceptors (Lipinski definition) is 6. The summed E-state index contributed by atoms with van der Waals surface area (Å²) in [4.78, 5) is 29.5. The molecule has 1 heterocycles. The molecule has 0 saturated carbocycles. The third kappa shape index (κ3) is 5.14. The third-order valence-electron chi connectivity index (χ3n) is 4.45. The van der Waals surface area contributed by atoms with Crippen molar-refractivity contribution >= 4 is 33.4 Å². The minimum atomic E-state index is -0.370. The average Bonchev–Trinajstić information content (AvgIpc) is 3.08. The fourth-order valence-electron chi connectivity index (χ4n) is 2.96. The number of nitrogens with zero attached hydrogens (tertiary/aromatic N) is 2. The highest BCUT2D eigenvalue weighted by Crippen LogP contribution is 2.20. The van der Waals surface area contributed by atoms with Gasteiger partial charge in [0.05, 0.1) is 42.5 Å². The van der Waals surface area contributed by atoms with Crippen LogP contribution in [0.1, 0.15) is 22.8 Å². The molecule has 0 spiro atoms. The van der Waals surface area contributed by atoms with Crippen LogP contribution in [0.15, 0.2) is 47.5 Å². The topological polar surface area (TPSA) is 79.1 Å². The first-order valence-corrected chi connectivity index (χ1v) is 10.4. The van der Waals surface area contributed by atoms with Crippen molar-refractivity contribution in [1.29, 1.82) is 0 Å². The second-order valence-electron chi connectivity index (χ2n) is 6.46. The maximum Gasteiger partial charge on any atom is 0.338 e. The Morgan fingerprint density at radius 1 is 1.10 bits per heavy atom. The van der Waals surface area contributed by atoms with Gasteiger partial charge < -0.3 is 18.8 Å². The van der Waals surface area contributed by atoms with Gasteiger partial charge in [-0.1, -0.05) is 23.5 Å². The lowest BCUT2D eigenvalue weighted by atomic mass is 10.1. The lowest BCUT2D eigenvalue weighted by Gasteiger charge is -2.05. The van der Waals surface area contributed by atoms with E-state index in [1.807, 2.05) is 34.9 Å². The van der Waals surface area contributed by atoms with Gasteiger partial charge in [0.15, 0.2) is 4.80 Å². The summed E-state index contributed by atoms with van der Waals surface area (Å²) in [6.07, 6.45) is 0.191. The number of methoxy groups -OCH3 is 2. The Balaban J connectivity index is 1.94. The van der Waals surface area contributed by atoms with E-state index in [0.717, 1.165) is 21.5 Å². The van der Waals surface area contributed by atoms with Crippen LogP contribution in [0.5, 0.6) is 5.75 Å². The maximum atomic E-state index is 12.6. The van der Waals surface area contributed by atoms with Crippen LogP contribution in [0, 0.1) is 0 Å². The largest absolute Gasteiger partial charge is 0.497 e. The zero-order chi connectivity index (χ0) is 21.5. The number of hydrogen-bond donors (Lipinski definition) is 0. The van der Waals surface area contributed by atoms with E-state index in [4.69, 9.17) is 14.2 Å². The Morgan fingerprint density at radius 2 is 1.87 bits per heavy atom. The molecule has 0 bridgehead atoms. The molecule has 7 nitrogen and oxygen atoms in total. The van der Waals surface area contributed by atoms with E-state index < -0.39 is 0 Å². The first-order chi connectivity index (χ1) is 14.5. The van der Waals surface area contributed by atoms with Crippen molar-refractivity contribution in [3.05, 3.63) is 58.4 Å². The Labute approximate surface area is 178 Å². The van der Waals surface area contributed by atoms with E-state index in [0.29, 0.717) is 30.1 Å². The number of aromatic nitrogens is 1. The molecule has 1 aromatic heterocycles. The molecule has 158 valence electrons. The van der Waals surface area contributed by atoms with Gasteiger partial charge in [0.1, 0.15) is 5.75 Å². The molecular formula is C22H24N2O5S. The quantitative estimate of drug-likeness (QED) is 0.515. The number of esters is 1. The van der Waals surface area contributed by atoms with Crippen LogP contribution in [0.2, 0.25) is 0 Å². The Bertz CT molecular complexity index is 1100. The van der Waals surface area contributed by atoms with E-state index in [9.17, 15) is 9.59 Å². The second kappa shape index (κ2) is 10.2. The average molecular weight is 429 g/mol. The molecule has 0 fully saturated rings. The van der Waals surface area contributed by atoms with Crippen molar-refractivity contribution in [3.8, 4) is 5.75 Å². The molecule has 2 aromatic carbocycles. The first kappa shape index (κ1) is 21.7. The highest BCUT2D eigenvalue weighted by Gasteiger charge is 2.13. The highest BCUT2D eigenvalue weighted by atomic mass is 32.1. The summed E-state index contributed by atoms with van der Waals surface area (Å²) >= 11 is 1.36. The van der Waals surface area contributed by atoms with E-state index >= 15 is 0 Å². The first-order valence-electron chi connectivity index (χ1n) is 9.55. The van der Waals surface area contributed by atoms with Gasteiger partial charge in [0.2, 0.25) is 0 Å². The van der Waals surface area contributed by atoms with Crippen molar-refractivity contribution in [2.24, 2.45) is 4.99 Å². The lowest BCUT2D eigenvalue weighted by Crippen LogP contribution is -2.19. The minimum Gasteiger partial charge on any atom is -0.497 e. The molecule has 0 atom stereocenters. The molecule has 0 unspecified atom stereocenters. The Hall–Kier alpha value is -2.97. The van der Waals surface area contributed by atoms with Gasteiger partial charge in [-0.25, -0.2) is 4.79 Å². The van der Waals surface area contributed by atoms with E-state index in [2.05, 4.69) is 4.99 Å². The van der Waals surface area contributed by atoms with Gasteiger partial charge >= 0.3 is 5.97 Å². The molecular weight excluding hydrogens is 404 g/mol. The molecule has 0 N–H and O–H groups in total. The van der Waals surface area contributed by atoms with Gasteiger partial charge in [-0.3, -0.25) is 4.79 Å². The molecule has 0 radical (unpaired) electrons. The normalized spacial score (nSPS) is 11.6. The fraction of sp³-hybridized carbons (Fsp3) is 0.318. The smallest absolute Gasteiger partial charge is 0.338 e. The summed E-state index contributed by atoms with van der Waals surface area (Å²) < 4.78 is 18.2. The molecule has 3 aromatic rings. The monoisotopic (exact) mass is 428 g/mol. The zero-order valence-corrected chi connectivity index (χ0v) is 18.0. The molecule has 0 aliphatic heterocycles. The Kier molecular flexibility index (Phi) is 7.37. The van der Waals surface area contributed by atoms with Crippen LogP contribution in [0.4, 0.5) is 0 Å².